The Morgan fingerprint density at radius 2 is 1.95 bits per heavy atom. The maximum Gasteiger partial charge on any atom is 0.318 e. The third-order valence-electron chi connectivity index (χ3n) is 3.11. The third-order valence-corrected chi connectivity index (χ3v) is 3.11. The summed E-state index contributed by atoms with van der Waals surface area (Å²) < 4.78 is 0. The van der Waals surface area contributed by atoms with Crippen molar-refractivity contribution in [3.8, 4) is 0 Å². The fraction of sp³-hybridized carbons (Fsp3) is 0.769. The molecule has 0 heterocycles. The Kier molecular flexibility index (Phi) is 5.79. The number of carbonyl (C=O) groups excluding carboxylic acids is 2. The van der Waals surface area contributed by atoms with E-state index in [-0.39, 0.29) is 30.8 Å². The van der Waals surface area contributed by atoms with Crippen molar-refractivity contribution >= 4 is 17.9 Å². The van der Waals surface area contributed by atoms with E-state index in [2.05, 4.69) is 5.32 Å². The van der Waals surface area contributed by atoms with Crippen LogP contribution in [0.5, 0.6) is 0 Å². The van der Waals surface area contributed by atoms with Gasteiger partial charge in [0, 0.05) is 12.6 Å². The van der Waals surface area contributed by atoms with Crippen LogP contribution in [0.4, 0.5) is 4.79 Å². The lowest BCUT2D eigenvalue weighted by Gasteiger charge is -2.26. The van der Waals surface area contributed by atoms with Gasteiger partial charge in [0.05, 0.1) is 6.42 Å². The van der Waals surface area contributed by atoms with Gasteiger partial charge < -0.3 is 21.1 Å². The molecule has 0 aliphatic heterocycles. The molecule has 0 aromatic heterocycles. The number of carboxylic acid groups (broad SMARTS) is 1. The van der Waals surface area contributed by atoms with Gasteiger partial charge in [-0.3, -0.25) is 9.59 Å². The molecule has 20 heavy (non-hydrogen) atoms. The molecule has 1 atom stereocenters. The number of nitrogens with one attached hydrogen (secondary N) is 1. The van der Waals surface area contributed by atoms with Gasteiger partial charge >= 0.3 is 12.0 Å². The normalized spacial score (nSPS) is 15.8. The Bertz CT molecular complexity index is 380. The molecule has 0 bridgehead atoms. The molecule has 114 valence electrons. The molecule has 1 rings (SSSR count). The maximum atomic E-state index is 12.2. The molecular weight excluding hydrogens is 262 g/mol. The number of carboxylic acids is 1. The molecule has 4 N–H and O–H groups in total. The van der Waals surface area contributed by atoms with Gasteiger partial charge in [0.1, 0.15) is 6.54 Å². The second kappa shape index (κ2) is 7.12. The summed E-state index contributed by atoms with van der Waals surface area (Å²) in [5.74, 6) is -1.10. The van der Waals surface area contributed by atoms with Crippen LogP contribution in [0.3, 0.4) is 0 Å². The van der Waals surface area contributed by atoms with Crippen LogP contribution < -0.4 is 11.1 Å². The van der Waals surface area contributed by atoms with Crippen molar-refractivity contribution in [2.75, 3.05) is 13.1 Å². The molecular formula is C13H23N3O4. The van der Waals surface area contributed by atoms with Crippen LogP contribution in [0, 0.1) is 11.8 Å². The number of rotatable bonds is 8. The van der Waals surface area contributed by atoms with E-state index in [1.54, 1.807) is 0 Å². The van der Waals surface area contributed by atoms with E-state index < -0.39 is 17.9 Å². The first-order valence-electron chi connectivity index (χ1n) is 6.85. The summed E-state index contributed by atoms with van der Waals surface area (Å²) in [6, 6.07) is -0.793. The zero-order valence-electron chi connectivity index (χ0n) is 12.0. The van der Waals surface area contributed by atoms with E-state index in [1.807, 2.05) is 13.8 Å². The fourth-order valence-electron chi connectivity index (χ4n) is 2.12. The predicted octanol–water partition coefficient (Wildman–Crippen LogP) is 0.393. The Hall–Kier alpha value is -1.79. The van der Waals surface area contributed by atoms with Crippen molar-refractivity contribution in [1.29, 1.82) is 0 Å². The van der Waals surface area contributed by atoms with Gasteiger partial charge in [-0.15, -0.1) is 0 Å². The highest BCUT2D eigenvalue weighted by atomic mass is 16.4. The van der Waals surface area contributed by atoms with E-state index in [0.717, 1.165) is 12.8 Å². The quantitative estimate of drug-likeness (QED) is 0.598. The molecule has 0 saturated heterocycles. The number of amides is 3. The summed E-state index contributed by atoms with van der Waals surface area (Å²) in [5.41, 5.74) is 5.14. The molecule has 0 radical (unpaired) electrons. The average Bonchev–Trinajstić information content (AvgIpc) is 3.08. The van der Waals surface area contributed by atoms with Crippen LogP contribution >= 0.6 is 0 Å². The number of aliphatic carboxylic acids is 1. The highest BCUT2D eigenvalue weighted by Crippen LogP contribution is 2.34. The minimum Gasteiger partial charge on any atom is -0.481 e. The van der Waals surface area contributed by atoms with Crippen LogP contribution in [-0.2, 0) is 9.59 Å². The minimum atomic E-state index is -0.937. The van der Waals surface area contributed by atoms with E-state index in [4.69, 9.17) is 10.8 Å². The fourth-order valence-corrected chi connectivity index (χ4v) is 2.12. The Morgan fingerprint density at radius 3 is 2.35 bits per heavy atom. The third kappa shape index (κ3) is 5.90. The lowest BCUT2D eigenvalue weighted by Crippen LogP contribution is -2.50. The van der Waals surface area contributed by atoms with Gasteiger partial charge in [0.15, 0.2) is 0 Å². The summed E-state index contributed by atoms with van der Waals surface area (Å²) >= 11 is 0. The van der Waals surface area contributed by atoms with E-state index in [1.165, 1.54) is 4.90 Å². The molecule has 0 spiro atoms. The van der Waals surface area contributed by atoms with Crippen LogP contribution in [-0.4, -0.2) is 47.0 Å². The van der Waals surface area contributed by atoms with Crippen molar-refractivity contribution < 1.29 is 19.5 Å². The molecule has 1 fully saturated rings. The van der Waals surface area contributed by atoms with E-state index in [0.29, 0.717) is 6.54 Å². The Morgan fingerprint density at radius 1 is 1.35 bits per heavy atom. The molecule has 0 aromatic rings. The van der Waals surface area contributed by atoms with Crippen molar-refractivity contribution in [1.82, 2.24) is 10.2 Å². The lowest BCUT2D eigenvalue weighted by molar-refractivity contribution is -0.137. The van der Waals surface area contributed by atoms with Crippen LogP contribution in [0.25, 0.3) is 0 Å². The molecule has 1 aliphatic carbocycles. The largest absolute Gasteiger partial charge is 0.481 e. The van der Waals surface area contributed by atoms with Gasteiger partial charge in [-0.1, -0.05) is 13.8 Å². The molecule has 7 nitrogen and oxygen atoms in total. The zero-order valence-corrected chi connectivity index (χ0v) is 12.0. The average molecular weight is 285 g/mol. The number of hydrogen-bond donors (Lipinski definition) is 3. The van der Waals surface area contributed by atoms with Crippen molar-refractivity contribution in [2.45, 2.75) is 39.2 Å². The molecule has 1 saturated carbocycles. The van der Waals surface area contributed by atoms with Crippen molar-refractivity contribution in [2.24, 2.45) is 17.6 Å². The first kappa shape index (κ1) is 16.3. The summed E-state index contributed by atoms with van der Waals surface area (Å²) in [7, 11) is 0. The van der Waals surface area contributed by atoms with Gasteiger partial charge in [0.25, 0.3) is 0 Å². The molecule has 1 unspecified atom stereocenters. The number of hydrogen-bond acceptors (Lipinski definition) is 3. The first-order chi connectivity index (χ1) is 9.29. The number of nitrogens with two attached hydrogens (primary N) is 1. The van der Waals surface area contributed by atoms with Crippen LogP contribution in [0.15, 0.2) is 0 Å². The number of carbonyl (C=O) groups is 3. The van der Waals surface area contributed by atoms with Crippen molar-refractivity contribution in [3.05, 3.63) is 0 Å². The SMILES string of the molecule is CC(C)CN(CC(N)=O)C(=O)NC(CC(=O)O)C1CC1. The van der Waals surface area contributed by atoms with Gasteiger partial charge in [0.2, 0.25) is 5.91 Å². The zero-order chi connectivity index (χ0) is 15.3. The van der Waals surface area contributed by atoms with Crippen LogP contribution in [0.2, 0.25) is 0 Å². The number of urea groups is 1. The summed E-state index contributed by atoms with van der Waals surface area (Å²) in [4.78, 5) is 35.3. The smallest absolute Gasteiger partial charge is 0.318 e. The molecule has 1 aliphatic rings. The number of nitrogens with zero attached hydrogens (tertiary/aromatic N) is 1. The number of primary amides is 1. The standard InChI is InChI=1S/C13H23N3O4/c1-8(2)6-16(7-11(14)17)13(20)15-10(5-12(18)19)9-3-4-9/h8-10H,3-7H2,1-2H3,(H2,14,17)(H,15,20)(H,18,19). The second-order valence-corrected chi connectivity index (χ2v) is 5.73. The summed E-state index contributed by atoms with van der Waals surface area (Å²) in [5, 5.41) is 11.6. The monoisotopic (exact) mass is 285 g/mol. The van der Waals surface area contributed by atoms with Gasteiger partial charge in [-0.25, -0.2) is 4.79 Å². The van der Waals surface area contributed by atoms with Crippen molar-refractivity contribution in [3.63, 3.8) is 0 Å². The summed E-state index contributed by atoms with van der Waals surface area (Å²) in [6.07, 6.45) is 1.76. The van der Waals surface area contributed by atoms with Gasteiger partial charge in [-0.2, -0.15) is 0 Å². The minimum absolute atomic E-state index is 0.0947. The molecule has 3 amide bonds. The van der Waals surface area contributed by atoms with Gasteiger partial charge in [-0.05, 0) is 24.7 Å². The first-order valence-corrected chi connectivity index (χ1v) is 6.85. The second-order valence-electron chi connectivity index (χ2n) is 5.73. The predicted molar refractivity (Wildman–Crippen MR) is 72.9 cm³/mol. The highest BCUT2D eigenvalue weighted by Gasteiger charge is 2.34. The lowest BCUT2D eigenvalue weighted by atomic mass is 10.1. The van der Waals surface area contributed by atoms with E-state index >= 15 is 0 Å². The molecule has 7 heteroatoms. The van der Waals surface area contributed by atoms with Crippen LogP contribution in [0.1, 0.15) is 33.1 Å². The Labute approximate surface area is 118 Å². The van der Waals surface area contributed by atoms with E-state index in [9.17, 15) is 14.4 Å². The maximum absolute atomic E-state index is 12.2. The topological polar surface area (TPSA) is 113 Å². The molecule has 0 aromatic carbocycles. The Balaban J connectivity index is 2.62. The summed E-state index contributed by atoms with van der Waals surface area (Å²) in [6.45, 7) is 4.10. The highest BCUT2D eigenvalue weighted by molar-refractivity contribution is 5.83.